The molecule has 0 aliphatic heterocycles. The first-order valence-corrected chi connectivity index (χ1v) is 7.99. The van der Waals surface area contributed by atoms with Crippen molar-refractivity contribution >= 4 is 17.2 Å². The molecule has 120 valence electrons. The van der Waals surface area contributed by atoms with Crippen LogP contribution in [0.3, 0.4) is 0 Å². The normalized spacial score (nSPS) is 12.4. The van der Waals surface area contributed by atoms with Crippen molar-refractivity contribution < 1.29 is 9.53 Å². The summed E-state index contributed by atoms with van der Waals surface area (Å²) in [4.78, 5) is 15.7. The van der Waals surface area contributed by atoms with Crippen molar-refractivity contribution in [1.82, 2.24) is 15.1 Å². The number of methoxy groups -OCH3 is 1. The van der Waals surface area contributed by atoms with Crippen molar-refractivity contribution in [2.45, 2.75) is 26.4 Å². The van der Waals surface area contributed by atoms with Crippen LogP contribution in [-0.4, -0.2) is 41.3 Å². The minimum absolute atomic E-state index is 0.113. The SMILES string of the molecule is COCCN(Cc1cccs1)C(=O)[C@@H](N)c1c(C)n[nH]c1C. The van der Waals surface area contributed by atoms with E-state index in [0.717, 1.165) is 21.8 Å². The number of rotatable bonds is 7. The monoisotopic (exact) mass is 322 g/mol. The van der Waals surface area contributed by atoms with Gasteiger partial charge >= 0.3 is 0 Å². The Hall–Kier alpha value is -1.70. The van der Waals surface area contributed by atoms with E-state index in [0.29, 0.717) is 19.7 Å². The summed E-state index contributed by atoms with van der Waals surface area (Å²) in [6.07, 6.45) is 0. The molecule has 1 amide bonds. The summed E-state index contributed by atoms with van der Waals surface area (Å²) in [6, 6.07) is 3.27. The highest BCUT2D eigenvalue weighted by Crippen LogP contribution is 2.21. The highest BCUT2D eigenvalue weighted by atomic mass is 32.1. The Morgan fingerprint density at radius 3 is 2.86 bits per heavy atom. The van der Waals surface area contributed by atoms with Crippen molar-refractivity contribution in [1.29, 1.82) is 0 Å². The van der Waals surface area contributed by atoms with E-state index in [4.69, 9.17) is 10.5 Å². The van der Waals surface area contributed by atoms with Gasteiger partial charge in [-0.05, 0) is 25.3 Å². The van der Waals surface area contributed by atoms with Gasteiger partial charge < -0.3 is 15.4 Å². The number of H-pyrrole nitrogens is 1. The van der Waals surface area contributed by atoms with Crippen molar-refractivity contribution in [2.75, 3.05) is 20.3 Å². The maximum absolute atomic E-state index is 12.8. The van der Waals surface area contributed by atoms with Crippen molar-refractivity contribution in [3.05, 3.63) is 39.3 Å². The molecule has 2 heterocycles. The van der Waals surface area contributed by atoms with Crippen LogP contribution in [0.4, 0.5) is 0 Å². The van der Waals surface area contributed by atoms with Gasteiger partial charge in [-0.3, -0.25) is 9.89 Å². The largest absolute Gasteiger partial charge is 0.383 e. The molecule has 1 atom stereocenters. The lowest BCUT2D eigenvalue weighted by atomic mass is 10.0. The second kappa shape index (κ2) is 7.53. The van der Waals surface area contributed by atoms with Gasteiger partial charge in [0.25, 0.3) is 0 Å². The fourth-order valence-electron chi connectivity index (χ4n) is 2.40. The quantitative estimate of drug-likeness (QED) is 0.813. The molecule has 2 aromatic heterocycles. The number of nitrogens with one attached hydrogen (secondary N) is 1. The van der Waals surface area contributed by atoms with Gasteiger partial charge in [-0.25, -0.2) is 0 Å². The Morgan fingerprint density at radius 1 is 1.55 bits per heavy atom. The first-order valence-electron chi connectivity index (χ1n) is 7.11. The predicted octanol–water partition coefficient (Wildman–Crippen LogP) is 1.76. The Bertz CT molecular complexity index is 590. The molecule has 0 aliphatic rings. The molecule has 0 bridgehead atoms. The van der Waals surface area contributed by atoms with Crippen molar-refractivity contribution in [3.8, 4) is 0 Å². The van der Waals surface area contributed by atoms with Crippen LogP contribution in [0, 0.1) is 13.8 Å². The van der Waals surface area contributed by atoms with Crippen LogP contribution < -0.4 is 5.73 Å². The number of carbonyl (C=O) groups excluding carboxylic acids is 1. The number of amides is 1. The maximum Gasteiger partial charge on any atom is 0.244 e. The van der Waals surface area contributed by atoms with Gasteiger partial charge in [0, 0.05) is 29.8 Å². The first-order chi connectivity index (χ1) is 10.5. The molecule has 0 saturated heterocycles. The van der Waals surface area contributed by atoms with Gasteiger partial charge in [-0.15, -0.1) is 11.3 Å². The average Bonchev–Trinajstić information content (AvgIpc) is 3.12. The molecule has 0 radical (unpaired) electrons. The molecule has 2 aromatic rings. The third-order valence-electron chi connectivity index (χ3n) is 3.57. The minimum atomic E-state index is -0.712. The molecule has 22 heavy (non-hydrogen) atoms. The third-order valence-corrected chi connectivity index (χ3v) is 4.43. The lowest BCUT2D eigenvalue weighted by Gasteiger charge is -2.25. The topological polar surface area (TPSA) is 84.2 Å². The van der Waals surface area contributed by atoms with E-state index < -0.39 is 6.04 Å². The Labute approximate surface area is 134 Å². The highest BCUT2D eigenvalue weighted by Gasteiger charge is 2.26. The summed E-state index contributed by atoms with van der Waals surface area (Å²) in [6.45, 7) is 5.26. The van der Waals surface area contributed by atoms with Crippen LogP contribution in [0.15, 0.2) is 17.5 Å². The lowest BCUT2D eigenvalue weighted by Crippen LogP contribution is -2.40. The van der Waals surface area contributed by atoms with Gasteiger partial charge in [0.15, 0.2) is 0 Å². The summed E-state index contributed by atoms with van der Waals surface area (Å²) in [5.74, 6) is -0.113. The summed E-state index contributed by atoms with van der Waals surface area (Å²) in [5, 5.41) is 8.99. The number of ether oxygens (including phenoxy) is 1. The summed E-state index contributed by atoms with van der Waals surface area (Å²) >= 11 is 1.62. The molecular formula is C15H22N4O2S. The molecule has 0 spiro atoms. The summed E-state index contributed by atoms with van der Waals surface area (Å²) in [7, 11) is 1.62. The number of carbonyl (C=O) groups is 1. The average molecular weight is 322 g/mol. The molecule has 0 aliphatic carbocycles. The molecule has 0 unspecified atom stereocenters. The van der Waals surface area contributed by atoms with E-state index in [1.54, 1.807) is 23.3 Å². The van der Waals surface area contributed by atoms with Crippen LogP contribution in [0.1, 0.15) is 27.9 Å². The van der Waals surface area contributed by atoms with E-state index in [1.165, 1.54) is 0 Å². The third kappa shape index (κ3) is 3.73. The van der Waals surface area contributed by atoms with Gasteiger partial charge in [-0.2, -0.15) is 5.10 Å². The number of thiophene rings is 1. The van der Waals surface area contributed by atoms with E-state index in [9.17, 15) is 4.79 Å². The molecule has 0 saturated carbocycles. The molecule has 7 heteroatoms. The standard InChI is InChI=1S/C15H22N4O2S/c1-10-13(11(2)18-17-10)14(16)15(20)19(6-7-21-3)9-12-5-4-8-22-12/h4-5,8,14H,6-7,9,16H2,1-3H3,(H,17,18)/t14-/m0/s1. The Kier molecular flexibility index (Phi) is 5.70. The van der Waals surface area contributed by atoms with Gasteiger partial charge in [0.1, 0.15) is 6.04 Å². The van der Waals surface area contributed by atoms with E-state index in [2.05, 4.69) is 10.2 Å². The number of nitrogens with two attached hydrogens (primary N) is 1. The molecular weight excluding hydrogens is 300 g/mol. The number of aryl methyl sites for hydroxylation is 2. The van der Waals surface area contributed by atoms with Gasteiger partial charge in [0.05, 0.1) is 18.8 Å². The first kappa shape index (κ1) is 16.7. The Morgan fingerprint density at radius 2 is 2.32 bits per heavy atom. The van der Waals surface area contributed by atoms with Crippen LogP contribution in [-0.2, 0) is 16.1 Å². The van der Waals surface area contributed by atoms with Gasteiger partial charge in [0.2, 0.25) is 5.91 Å². The smallest absolute Gasteiger partial charge is 0.244 e. The number of aromatic nitrogens is 2. The maximum atomic E-state index is 12.8. The van der Waals surface area contributed by atoms with E-state index >= 15 is 0 Å². The van der Waals surface area contributed by atoms with Crippen LogP contribution in [0.2, 0.25) is 0 Å². The second-order valence-electron chi connectivity index (χ2n) is 5.16. The molecule has 2 rings (SSSR count). The molecule has 0 fully saturated rings. The van der Waals surface area contributed by atoms with Crippen LogP contribution in [0.25, 0.3) is 0 Å². The fourth-order valence-corrected chi connectivity index (χ4v) is 3.12. The number of aromatic amines is 1. The molecule has 3 N–H and O–H groups in total. The van der Waals surface area contributed by atoms with Crippen molar-refractivity contribution in [2.24, 2.45) is 5.73 Å². The second-order valence-corrected chi connectivity index (χ2v) is 6.19. The minimum Gasteiger partial charge on any atom is -0.383 e. The predicted molar refractivity (Wildman–Crippen MR) is 86.6 cm³/mol. The molecule has 0 aromatic carbocycles. The van der Waals surface area contributed by atoms with Crippen LogP contribution >= 0.6 is 11.3 Å². The summed E-state index contributed by atoms with van der Waals surface area (Å²) in [5.41, 5.74) is 8.57. The van der Waals surface area contributed by atoms with E-state index in [-0.39, 0.29) is 5.91 Å². The summed E-state index contributed by atoms with van der Waals surface area (Å²) < 4.78 is 5.11. The Balaban J connectivity index is 2.17. The number of nitrogens with zero attached hydrogens (tertiary/aromatic N) is 2. The number of hydrogen-bond acceptors (Lipinski definition) is 5. The zero-order valence-corrected chi connectivity index (χ0v) is 13.9. The lowest BCUT2D eigenvalue weighted by molar-refractivity contribution is -0.134. The highest BCUT2D eigenvalue weighted by molar-refractivity contribution is 7.09. The van der Waals surface area contributed by atoms with Gasteiger partial charge in [-0.1, -0.05) is 6.07 Å². The van der Waals surface area contributed by atoms with Crippen LogP contribution in [0.5, 0.6) is 0 Å². The molecule has 6 nitrogen and oxygen atoms in total. The zero-order chi connectivity index (χ0) is 16.1. The zero-order valence-electron chi connectivity index (χ0n) is 13.1. The fraction of sp³-hybridized carbons (Fsp3) is 0.467. The van der Waals surface area contributed by atoms with Crippen molar-refractivity contribution in [3.63, 3.8) is 0 Å². The van der Waals surface area contributed by atoms with E-state index in [1.807, 2.05) is 31.4 Å². The number of hydrogen-bond donors (Lipinski definition) is 2.